The molecule has 0 aliphatic carbocycles. The van der Waals surface area contributed by atoms with E-state index in [4.69, 9.17) is 0 Å². The quantitative estimate of drug-likeness (QED) is 0.873. The highest BCUT2D eigenvalue weighted by Gasteiger charge is 2.17. The van der Waals surface area contributed by atoms with Gasteiger partial charge in [-0.3, -0.25) is 4.98 Å². The van der Waals surface area contributed by atoms with Crippen molar-refractivity contribution in [2.45, 2.75) is 45.1 Å². The zero-order valence-corrected chi connectivity index (χ0v) is 10.8. The van der Waals surface area contributed by atoms with Gasteiger partial charge in [0.2, 0.25) is 0 Å². The molecule has 1 saturated heterocycles. The molecule has 1 fully saturated rings. The lowest BCUT2D eigenvalue weighted by Crippen LogP contribution is -2.35. The van der Waals surface area contributed by atoms with E-state index in [1.807, 2.05) is 6.20 Å². The third-order valence-electron chi connectivity index (χ3n) is 3.71. The van der Waals surface area contributed by atoms with Gasteiger partial charge < -0.3 is 10.0 Å². The summed E-state index contributed by atoms with van der Waals surface area (Å²) in [5, 5.41) is 9.52. The molecule has 0 spiro atoms. The molecule has 1 aliphatic rings. The lowest BCUT2D eigenvalue weighted by Gasteiger charge is -2.31. The van der Waals surface area contributed by atoms with Gasteiger partial charge >= 0.3 is 0 Å². The van der Waals surface area contributed by atoms with Crippen LogP contribution in [0.1, 0.15) is 44.7 Å². The molecular formula is C14H22N2O. The summed E-state index contributed by atoms with van der Waals surface area (Å²) in [5.41, 5.74) is 2.43. The van der Waals surface area contributed by atoms with E-state index >= 15 is 0 Å². The molecule has 3 heteroatoms. The molecule has 2 heterocycles. The van der Waals surface area contributed by atoms with E-state index in [0.717, 1.165) is 32.4 Å². The summed E-state index contributed by atoms with van der Waals surface area (Å²) in [6.45, 7) is 6.30. The Balaban J connectivity index is 2.10. The zero-order valence-electron chi connectivity index (χ0n) is 10.8. The van der Waals surface area contributed by atoms with Gasteiger partial charge in [-0.25, -0.2) is 0 Å². The van der Waals surface area contributed by atoms with Crippen LogP contribution >= 0.6 is 0 Å². The molecule has 1 N–H and O–H groups in total. The summed E-state index contributed by atoms with van der Waals surface area (Å²) in [6.07, 6.45) is 4.67. The minimum absolute atomic E-state index is 0.109. The van der Waals surface area contributed by atoms with Crippen molar-refractivity contribution in [1.29, 1.82) is 0 Å². The van der Waals surface area contributed by atoms with Crippen LogP contribution in [0.4, 0.5) is 5.69 Å². The highest BCUT2D eigenvalue weighted by atomic mass is 16.3. The largest absolute Gasteiger partial charge is 0.393 e. The van der Waals surface area contributed by atoms with Crippen LogP contribution in [0.25, 0.3) is 0 Å². The van der Waals surface area contributed by atoms with Crippen LogP contribution < -0.4 is 4.90 Å². The lowest BCUT2D eigenvalue weighted by atomic mass is 10.0. The third kappa shape index (κ3) is 2.97. The number of anilines is 1. The normalized spacial score (nSPS) is 19.4. The fourth-order valence-electron chi connectivity index (χ4n) is 2.24. The van der Waals surface area contributed by atoms with Crippen molar-refractivity contribution < 1.29 is 5.11 Å². The first kappa shape index (κ1) is 12.4. The van der Waals surface area contributed by atoms with Gasteiger partial charge in [0.15, 0.2) is 0 Å². The molecule has 1 atom stereocenters. The van der Waals surface area contributed by atoms with Gasteiger partial charge in [0.05, 0.1) is 6.10 Å². The Kier molecular flexibility index (Phi) is 4.00. The molecule has 1 unspecified atom stereocenters. The Morgan fingerprint density at radius 2 is 2.18 bits per heavy atom. The number of aromatic nitrogens is 1. The standard InChI is InChI=1S/C14H22N2O/c1-3-11(2)14-10-12(4-7-15-14)16-8-5-13(17)6-9-16/h4,7,10-11,13,17H,3,5-6,8-9H2,1-2H3. The average molecular weight is 234 g/mol. The van der Waals surface area contributed by atoms with E-state index in [1.54, 1.807) is 0 Å². The molecule has 0 amide bonds. The Morgan fingerprint density at radius 3 is 2.82 bits per heavy atom. The second kappa shape index (κ2) is 5.50. The maximum Gasteiger partial charge on any atom is 0.0574 e. The van der Waals surface area contributed by atoms with Crippen molar-refractivity contribution in [2.75, 3.05) is 18.0 Å². The predicted octanol–water partition coefficient (Wildman–Crippen LogP) is 2.56. The van der Waals surface area contributed by atoms with Crippen LogP contribution in [0, 0.1) is 0 Å². The van der Waals surface area contributed by atoms with Crippen molar-refractivity contribution in [2.24, 2.45) is 0 Å². The van der Waals surface area contributed by atoms with Gasteiger partial charge in [-0.2, -0.15) is 0 Å². The van der Waals surface area contributed by atoms with E-state index in [0.29, 0.717) is 5.92 Å². The number of pyridine rings is 1. The highest BCUT2D eigenvalue weighted by molar-refractivity contribution is 5.47. The molecule has 2 rings (SSSR count). The SMILES string of the molecule is CCC(C)c1cc(N2CCC(O)CC2)ccn1. The molecule has 17 heavy (non-hydrogen) atoms. The summed E-state index contributed by atoms with van der Waals surface area (Å²) < 4.78 is 0. The van der Waals surface area contributed by atoms with Crippen molar-refractivity contribution >= 4 is 5.69 Å². The molecule has 0 aromatic carbocycles. The number of hydrogen-bond donors (Lipinski definition) is 1. The maximum absolute atomic E-state index is 9.52. The summed E-state index contributed by atoms with van der Waals surface area (Å²) in [7, 11) is 0. The van der Waals surface area contributed by atoms with Gasteiger partial charge in [-0.1, -0.05) is 13.8 Å². The fourth-order valence-corrected chi connectivity index (χ4v) is 2.24. The van der Waals surface area contributed by atoms with Gasteiger partial charge in [-0.05, 0) is 37.3 Å². The summed E-state index contributed by atoms with van der Waals surface area (Å²) in [6, 6.07) is 4.27. The molecule has 0 bridgehead atoms. The minimum Gasteiger partial charge on any atom is -0.393 e. The van der Waals surface area contributed by atoms with Crippen LogP contribution in [-0.4, -0.2) is 29.3 Å². The van der Waals surface area contributed by atoms with Crippen molar-refractivity contribution in [3.05, 3.63) is 24.0 Å². The molecule has 0 radical (unpaired) electrons. The predicted molar refractivity (Wildman–Crippen MR) is 70.4 cm³/mol. The average Bonchev–Trinajstić information content (AvgIpc) is 2.39. The van der Waals surface area contributed by atoms with E-state index in [9.17, 15) is 5.11 Å². The summed E-state index contributed by atoms with van der Waals surface area (Å²) in [4.78, 5) is 6.79. The number of piperidine rings is 1. The third-order valence-corrected chi connectivity index (χ3v) is 3.71. The van der Waals surface area contributed by atoms with Crippen LogP contribution in [0.5, 0.6) is 0 Å². The highest BCUT2D eigenvalue weighted by Crippen LogP contribution is 2.24. The molecule has 1 aromatic heterocycles. The Hall–Kier alpha value is -1.09. The molecule has 1 aliphatic heterocycles. The number of aliphatic hydroxyl groups excluding tert-OH is 1. The van der Waals surface area contributed by atoms with E-state index in [2.05, 4.69) is 35.9 Å². The minimum atomic E-state index is -0.109. The van der Waals surface area contributed by atoms with E-state index in [1.165, 1.54) is 11.4 Å². The fraction of sp³-hybridized carbons (Fsp3) is 0.643. The number of aliphatic hydroxyl groups is 1. The smallest absolute Gasteiger partial charge is 0.0574 e. The van der Waals surface area contributed by atoms with E-state index in [-0.39, 0.29) is 6.10 Å². The Bertz CT molecular complexity index is 359. The first-order valence-corrected chi connectivity index (χ1v) is 6.59. The monoisotopic (exact) mass is 234 g/mol. The lowest BCUT2D eigenvalue weighted by molar-refractivity contribution is 0.145. The number of nitrogens with zero attached hydrogens (tertiary/aromatic N) is 2. The maximum atomic E-state index is 9.52. The van der Waals surface area contributed by atoms with Crippen LogP contribution in [-0.2, 0) is 0 Å². The molecule has 3 nitrogen and oxygen atoms in total. The van der Waals surface area contributed by atoms with E-state index < -0.39 is 0 Å². The van der Waals surface area contributed by atoms with Gasteiger partial charge in [0, 0.05) is 30.7 Å². The van der Waals surface area contributed by atoms with Gasteiger partial charge in [-0.15, -0.1) is 0 Å². The Labute approximate surface area is 103 Å². The van der Waals surface area contributed by atoms with Crippen molar-refractivity contribution in [3.8, 4) is 0 Å². The van der Waals surface area contributed by atoms with Crippen LogP contribution in [0.3, 0.4) is 0 Å². The van der Waals surface area contributed by atoms with Crippen LogP contribution in [0.2, 0.25) is 0 Å². The zero-order chi connectivity index (χ0) is 12.3. The van der Waals surface area contributed by atoms with Gasteiger partial charge in [0.25, 0.3) is 0 Å². The second-order valence-corrected chi connectivity index (χ2v) is 4.97. The van der Waals surface area contributed by atoms with Crippen molar-refractivity contribution in [3.63, 3.8) is 0 Å². The summed E-state index contributed by atoms with van der Waals surface area (Å²) in [5.74, 6) is 0.519. The number of rotatable bonds is 3. The summed E-state index contributed by atoms with van der Waals surface area (Å²) >= 11 is 0. The first-order chi connectivity index (χ1) is 8.20. The van der Waals surface area contributed by atoms with Crippen LogP contribution in [0.15, 0.2) is 18.3 Å². The molecule has 94 valence electrons. The molecule has 0 saturated carbocycles. The Morgan fingerprint density at radius 1 is 1.47 bits per heavy atom. The van der Waals surface area contributed by atoms with Crippen molar-refractivity contribution in [1.82, 2.24) is 4.98 Å². The topological polar surface area (TPSA) is 36.4 Å². The molecular weight excluding hydrogens is 212 g/mol. The first-order valence-electron chi connectivity index (χ1n) is 6.59. The number of hydrogen-bond acceptors (Lipinski definition) is 3. The molecule has 1 aromatic rings. The second-order valence-electron chi connectivity index (χ2n) is 4.97. The van der Waals surface area contributed by atoms with Gasteiger partial charge in [0.1, 0.15) is 0 Å².